The minimum Gasteiger partial charge on any atom is -0.210 e. The van der Waals surface area contributed by atoms with E-state index in [1.807, 2.05) is 16.8 Å². The minimum absolute atomic E-state index is 0.273. The van der Waals surface area contributed by atoms with Gasteiger partial charge in [-0.25, -0.2) is 13.1 Å². The summed E-state index contributed by atoms with van der Waals surface area (Å²) in [4.78, 5) is 0. The Labute approximate surface area is 119 Å². The SMILES string of the molecule is Cc1cc(S(=O)(=O)NCCc2ccsc2)sc1Cl. The van der Waals surface area contributed by atoms with Crippen molar-refractivity contribution in [3.8, 4) is 0 Å². The smallest absolute Gasteiger partial charge is 0.210 e. The lowest BCUT2D eigenvalue weighted by molar-refractivity contribution is 0.584. The van der Waals surface area contributed by atoms with Crippen LogP contribution in [0.4, 0.5) is 0 Å². The number of thiophene rings is 2. The first kappa shape index (κ1) is 14.0. The van der Waals surface area contributed by atoms with Crippen LogP contribution in [0.25, 0.3) is 0 Å². The first-order valence-corrected chi connectivity index (χ1v) is 8.88. The van der Waals surface area contributed by atoms with Crippen LogP contribution in [0.5, 0.6) is 0 Å². The van der Waals surface area contributed by atoms with Gasteiger partial charge in [0.25, 0.3) is 0 Å². The molecule has 2 rings (SSSR count). The topological polar surface area (TPSA) is 46.2 Å². The highest BCUT2D eigenvalue weighted by molar-refractivity contribution is 7.91. The zero-order valence-corrected chi connectivity index (χ0v) is 12.8. The first-order valence-electron chi connectivity index (χ1n) is 5.26. The van der Waals surface area contributed by atoms with Gasteiger partial charge in [-0.2, -0.15) is 11.3 Å². The molecule has 0 radical (unpaired) electrons. The molecule has 1 N–H and O–H groups in total. The Morgan fingerprint density at radius 3 is 2.78 bits per heavy atom. The van der Waals surface area contributed by atoms with E-state index in [9.17, 15) is 8.42 Å². The molecule has 2 heterocycles. The number of hydrogen-bond acceptors (Lipinski definition) is 4. The molecule has 2 aromatic rings. The molecule has 0 aromatic carbocycles. The molecule has 0 fully saturated rings. The van der Waals surface area contributed by atoms with Crippen molar-refractivity contribution in [3.05, 3.63) is 38.4 Å². The van der Waals surface area contributed by atoms with E-state index in [4.69, 9.17) is 11.6 Å². The summed E-state index contributed by atoms with van der Waals surface area (Å²) in [6.07, 6.45) is 0.695. The highest BCUT2D eigenvalue weighted by Crippen LogP contribution is 2.29. The third kappa shape index (κ3) is 3.33. The molecule has 0 unspecified atom stereocenters. The number of rotatable bonds is 5. The molecule has 0 aliphatic carbocycles. The van der Waals surface area contributed by atoms with Crippen LogP contribution in [0.1, 0.15) is 11.1 Å². The highest BCUT2D eigenvalue weighted by Gasteiger charge is 2.17. The van der Waals surface area contributed by atoms with Crippen molar-refractivity contribution in [3.63, 3.8) is 0 Å². The maximum atomic E-state index is 12.0. The number of aryl methyl sites for hydroxylation is 1. The summed E-state index contributed by atoms with van der Waals surface area (Å²) in [5.74, 6) is 0. The average Bonchev–Trinajstić information content (AvgIpc) is 2.90. The Hall–Kier alpha value is -0.400. The second-order valence-corrected chi connectivity index (χ2v) is 8.23. The summed E-state index contributed by atoms with van der Waals surface area (Å²) in [5, 5.41) is 3.99. The Balaban J connectivity index is 1.99. The van der Waals surface area contributed by atoms with Gasteiger partial charge in [0.1, 0.15) is 4.21 Å². The monoisotopic (exact) mass is 321 g/mol. The molecule has 0 aliphatic rings. The fourth-order valence-electron chi connectivity index (χ4n) is 1.40. The summed E-state index contributed by atoms with van der Waals surface area (Å²) in [6, 6.07) is 3.59. The number of halogens is 1. The summed E-state index contributed by atoms with van der Waals surface area (Å²) in [6.45, 7) is 2.19. The van der Waals surface area contributed by atoms with Crippen LogP contribution in [0.15, 0.2) is 27.1 Å². The fraction of sp³-hybridized carbons (Fsp3) is 0.273. The molecular formula is C11H12ClNO2S3. The van der Waals surface area contributed by atoms with Gasteiger partial charge in [-0.15, -0.1) is 11.3 Å². The van der Waals surface area contributed by atoms with E-state index in [1.165, 1.54) is 0 Å². The van der Waals surface area contributed by atoms with Crippen LogP contribution >= 0.6 is 34.3 Å². The van der Waals surface area contributed by atoms with Crippen LogP contribution in [-0.4, -0.2) is 15.0 Å². The maximum Gasteiger partial charge on any atom is 0.250 e. The van der Waals surface area contributed by atoms with Crippen molar-refractivity contribution in [2.45, 2.75) is 17.6 Å². The molecule has 0 saturated heterocycles. The fourth-order valence-corrected chi connectivity index (χ4v) is 4.89. The lowest BCUT2D eigenvalue weighted by atomic mass is 10.2. The zero-order chi connectivity index (χ0) is 13.2. The van der Waals surface area contributed by atoms with Crippen LogP contribution in [0.3, 0.4) is 0 Å². The maximum absolute atomic E-state index is 12.0. The zero-order valence-electron chi connectivity index (χ0n) is 9.64. The lowest BCUT2D eigenvalue weighted by Crippen LogP contribution is -2.25. The first-order chi connectivity index (χ1) is 8.49. The Morgan fingerprint density at radius 2 is 2.22 bits per heavy atom. The summed E-state index contributed by atoms with van der Waals surface area (Å²) < 4.78 is 27.3. The predicted octanol–water partition coefficient (Wildman–Crippen LogP) is 3.29. The number of hydrogen-bond donors (Lipinski definition) is 1. The standard InChI is InChI=1S/C11H12ClNO2S3/c1-8-6-10(17-11(8)12)18(14,15)13-4-2-9-3-5-16-7-9/h3,5-7,13H,2,4H2,1H3. The van der Waals surface area contributed by atoms with Gasteiger partial charge >= 0.3 is 0 Å². The van der Waals surface area contributed by atoms with Crippen LogP contribution in [0, 0.1) is 6.92 Å². The van der Waals surface area contributed by atoms with Crippen LogP contribution in [0.2, 0.25) is 4.34 Å². The summed E-state index contributed by atoms with van der Waals surface area (Å²) in [5.41, 5.74) is 1.93. The van der Waals surface area contributed by atoms with E-state index >= 15 is 0 Å². The molecule has 2 aromatic heterocycles. The molecule has 0 atom stereocenters. The molecule has 0 saturated carbocycles. The van der Waals surface area contributed by atoms with Crippen molar-refractivity contribution in [1.82, 2.24) is 4.72 Å². The molecule has 18 heavy (non-hydrogen) atoms. The molecule has 0 amide bonds. The third-order valence-corrected chi connectivity index (χ3v) is 6.61. The van der Waals surface area contributed by atoms with Gasteiger partial charge in [-0.3, -0.25) is 0 Å². The largest absolute Gasteiger partial charge is 0.250 e. The molecular weight excluding hydrogens is 310 g/mol. The second-order valence-electron chi connectivity index (χ2n) is 3.80. The summed E-state index contributed by atoms with van der Waals surface area (Å²) in [7, 11) is -3.43. The van der Waals surface area contributed by atoms with Crippen molar-refractivity contribution < 1.29 is 8.42 Å². The van der Waals surface area contributed by atoms with Gasteiger partial charge in [0.15, 0.2) is 0 Å². The Kier molecular flexibility index (Phi) is 4.45. The molecule has 0 spiro atoms. The van der Waals surface area contributed by atoms with E-state index < -0.39 is 10.0 Å². The number of sulfonamides is 1. The molecule has 98 valence electrons. The molecule has 0 aliphatic heterocycles. The van der Waals surface area contributed by atoms with Crippen molar-refractivity contribution in [2.75, 3.05) is 6.54 Å². The lowest BCUT2D eigenvalue weighted by Gasteiger charge is -2.03. The van der Waals surface area contributed by atoms with Gasteiger partial charge in [0, 0.05) is 6.54 Å². The summed E-state index contributed by atoms with van der Waals surface area (Å²) >= 11 is 8.57. The molecule has 7 heteroatoms. The van der Waals surface area contributed by atoms with Gasteiger partial charge in [0.2, 0.25) is 10.0 Å². The quantitative estimate of drug-likeness (QED) is 0.918. The van der Waals surface area contributed by atoms with E-state index in [0.717, 1.165) is 22.5 Å². The predicted molar refractivity (Wildman–Crippen MR) is 77.3 cm³/mol. The molecule has 0 bridgehead atoms. The van der Waals surface area contributed by atoms with Crippen molar-refractivity contribution >= 4 is 44.3 Å². The van der Waals surface area contributed by atoms with Gasteiger partial charge in [-0.1, -0.05) is 11.6 Å². The van der Waals surface area contributed by atoms with E-state index in [-0.39, 0.29) is 4.21 Å². The van der Waals surface area contributed by atoms with Gasteiger partial charge < -0.3 is 0 Å². The van der Waals surface area contributed by atoms with Crippen LogP contribution < -0.4 is 4.72 Å². The third-order valence-electron chi connectivity index (χ3n) is 2.39. The minimum atomic E-state index is -3.43. The second kappa shape index (κ2) is 5.71. The van der Waals surface area contributed by atoms with E-state index in [1.54, 1.807) is 24.3 Å². The Morgan fingerprint density at radius 1 is 1.44 bits per heavy atom. The van der Waals surface area contributed by atoms with E-state index in [0.29, 0.717) is 17.3 Å². The Bertz CT molecular complexity index is 597. The van der Waals surface area contributed by atoms with Crippen molar-refractivity contribution in [2.24, 2.45) is 0 Å². The van der Waals surface area contributed by atoms with Crippen LogP contribution in [-0.2, 0) is 16.4 Å². The highest BCUT2D eigenvalue weighted by atomic mass is 35.5. The molecule has 3 nitrogen and oxygen atoms in total. The normalized spacial score (nSPS) is 11.9. The average molecular weight is 322 g/mol. The van der Waals surface area contributed by atoms with Gasteiger partial charge in [0.05, 0.1) is 4.34 Å². The van der Waals surface area contributed by atoms with E-state index in [2.05, 4.69) is 4.72 Å². The van der Waals surface area contributed by atoms with Gasteiger partial charge in [-0.05, 0) is 47.4 Å². The number of nitrogens with one attached hydrogen (secondary N) is 1. The van der Waals surface area contributed by atoms with Crippen molar-refractivity contribution in [1.29, 1.82) is 0 Å².